The van der Waals surface area contributed by atoms with Gasteiger partial charge in [-0.15, -0.1) is 0 Å². The summed E-state index contributed by atoms with van der Waals surface area (Å²) >= 11 is 6.75. The fraction of sp³-hybridized carbons (Fsp3) is 0.158. The first-order valence-corrected chi connectivity index (χ1v) is 9.59. The minimum Gasteiger partial charge on any atom is -0.487 e. The van der Waals surface area contributed by atoms with Crippen molar-refractivity contribution in [3.8, 4) is 5.75 Å². The number of carbonyl (C=O) groups is 2. The van der Waals surface area contributed by atoms with Crippen LogP contribution in [0.5, 0.6) is 5.75 Å². The molecule has 152 valence electrons. The van der Waals surface area contributed by atoms with Crippen LogP contribution in [0, 0.1) is 10.1 Å². The van der Waals surface area contributed by atoms with Gasteiger partial charge in [-0.25, -0.2) is 9.59 Å². The van der Waals surface area contributed by atoms with E-state index in [-0.39, 0.29) is 17.9 Å². The number of nitrogens with zero attached hydrogens (tertiary/aromatic N) is 1. The molecule has 10 heteroatoms. The van der Waals surface area contributed by atoms with E-state index in [1.807, 2.05) is 0 Å². The lowest BCUT2D eigenvalue weighted by Crippen LogP contribution is -2.15. The third-order valence-corrected chi connectivity index (χ3v) is 4.72. The normalized spacial score (nSPS) is 10.1. The fourth-order valence-corrected chi connectivity index (χ4v) is 3.66. The highest BCUT2D eigenvalue weighted by molar-refractivity contribution is 9.11. The number of methoxy groups -OCH3 is 2. The molecule has 0 unspecified atom stereocenters. The van der Waals surface area contributed by atoms with Crippen LogP contribution in [-0.2, 0) is 25.7 Å². The number of carbonyl (C=O) groups excluding carboxylic acids is 2. The Balaban J connectivity index is 2.39. The zero-order chi connectivity index (χ0) is 21.6. The number of nitro groups is 1. The summed E-state index contributed by atoms with van der Waals surface area (Å²) in [6.07, 6.45) is 1.30. The van der Waals surface area contributed by atoms with Gasteiger partial charge in [-0.2, -0.15) is 0 Å². The molecular formula is C19H15Br2NO7. The zero-order valence-corrected chi connectivity index (χ0v) is 18.5. The fourth-order valence-electron chi connectivity index (χ4n) is 2.29. The van der Waals surface area contributed by atoms with Gasteiger partial charge in [0.05, 0.1) is 23.6 Å². The number of hydrogen-bond donors (Lipinski definition) is 0. The summed E-state index contributed by atoms with van der Waals surface area (Å²) in [5, 5.41) is 10.8. The number of non-ortho nitro benzene ring substituents is 1. The summed E-state index contributed by atoms with van der Waals surface area (Å²) in [4.78, 5) is 34.2. The van der Waals surface area contributed by atoms with Gasteiger partial charge < -0.3 is 14.2 Å². The van der Waals surface area contributed by atoms with Gasteiger partial charge in [0.2, 0.25) is 0 Å². The Morgan fingerprint density at radius 2 is 1.66 bits per heavy atom. The molecule has 0 bridgehead atoms. The monoisotopic (exact) mass is 527 g/mol. The third kappa shape index (κ3) is 5.88. The van der Waals surface area contributed by atoms with E-state index in [2.05, 4.69) is 41.3 Å². The van der Waals surface area contributed by atoms with Gasteiger partial charge in [0.1, 0.15) is 17.9 Å². The van der Waals surface area contributed by atoms with Crippen molar-refractivity contribution in [2.45, 2.75) is 6.61 Å². The lowest BCUT2D eigenvalue weighted by molar-refractivity contribution is -0.384. The average Bonchev–Trinajstić information content (AvgIpc) is 2.70. The number of esters is 2. The van der Waals surface area contributed by atoms with Crippen molar-refractivity contribution in [2.75, 3.05) is 14.2 Å². The Kier molecular flexibility index (Phi) is 7.91. The molecule has 0 saturated carbocycles. The summed E-state index contributed by atoms with van der Waals surface area (Å²) in [6.45, 7) is 0.102. The third-order valence-electron chi connectivity index (χ3n) is 3.68. The minimum atomic E-state index is -0.853. The molecule has 2 aromatic rings. The maximum Gasteiger partial charge on any atom is 0.345 e. The van der Waals surface area contributed by atoms with E-state index >= 15 is 0 Å². The summed E-state index contributed by atoms with van der Waals surface area (Å²) < 4.78 is 16.4. The van der Waals surface area contributed by atoms with Crippen molar-refractivity contribution in [3.63, 3.8) is 0 Å². The first-order chi connectivity index (χ1) is 13.8. The van der Waals surface area contributed by atoms with E-state index in [1.54, 1.807) is 24.3 Å². The molecule has 0 atom stereocenters. The molecule has 0 aliphatic heterocycles. The molecule has 29 heavy (non-hydrogen) atoms. The topological polar surface area (TPSA) is 105 Å². The van der Waals surface area contributed by atoms with E-state index in [9.17, 15) is 19.7 Å². The second kappa shape index (κ2) is 10.2. The first-order valence-electron chi connectivity index (χ1n) is 8.00. The predicted octanol–water partition coefficient (Wildman–Crippen LogP) is 4.43. The summed E-state index contributed by atoms with van der Waals surface area (Å²) in [5.41, 5.74) is 0.781. The van der Waals surface area contributed by atoms with Crippen LogP contribution in [0.3, 0.4) is 0 Å². The molecule has 0 aliphatic rings. The van der Waals surface area contributed by atoms with Gasteiger partial charge in [-0.1, -0.05) is 15.9 Å². The van der Waals surface area contributed by atoms with Gasteiger partial charge in [-0.3, -0.25) is 10.1 Å². The molecular weight excluding hydrogens is 514 g/mol. The number of ether oxygens (including phenoxy) is 3. The van der Waals surface area contributed by atoms with Crippen molar-refractivity contribution >= 4 is 55.6 Å². The van der Waals surface area contributed by atoms with E-state index in [0.717, 1.165) is 14.2 Å². The van der Waals surface area contributed by atoms with Gasteiger partial charge >= 0.3 is 11.9 Å². The first kappa shape index (κ1) is 22.6. The zero-order valence-electron chi connectivity index (χ0n) is 15.3. The Morgan fingerprint density at radius 3 is 2.17 bits per heavy atom. The van der Waals surface area contributed by atoms with Crippen LogP contribution >= 0.6 is 31.9 Å². The van der Waals surface area contributed by atoms with E-state index in [4.69, 9.17) is 4.74 Å². The number of rotatable bonds is 7. The summed E-state index contributed by atoms with van der Waals surface area (Å²) in [6, 6.07) is 9.30. The highest BCUT2D eigenvalue weighted by Gasteiger charge is 2.21. The second-order valence-electron chi connectivity index (χ2n) is 5.56. The van der Waals surface area contributed by atoms with Crippen LogP contribution in [0.4, 0.5) is 5.69 Å². The maximum atomic E-state index is 12.0. The highest BCUT2D eigenvalue weighted by Crippen LogP contribution is 2.35. The number of halogens is 2. The molecule has 0 fully saturated rings. The molecule has 0 radical (unpaired) electrons. The smallest absolute Gasteiger partial charge is 0.345 e. The summed E-state index contributed by atoms with van der Waals surface area (Å²) in [7, 11) is 2.31. The van der Waals surface area contributed by atoms with Crippen LogP contribution in [-0.4, -0.2) is 31.1 Å². The van der Waals surface area contributed by atoms with Crippen LogP contribution in [0.15, 0.2) is 50.9 Å². The Bertz CT molecular complexity index is 953. The van der Waals surface area contributed by atoms with Crippen LogP contribution in [0.25, 0.3) is 6.08 Å². The van der Waals surface area contributed by atoms with E-state index in [0.29, 0.717) is 25.8 Å². The quantitative estimate of drug-likeness (QED) is 0.131. The van der Waals surface area contributed by atoms with Gasteiger partial charge in [0.25, 0.3) is 5.69 Å². The van der Waals surface area contributed by atoms with Crippen molar-refractivity contribution in [2.24, 2.45) is 0 Å². The lowest BCUT2D eigenvalue weighted by Gasteiger charge is -2.13. The number of hydrogen-bond acceptors (Lipinski definition) is 7. The van der Waals surface area contributed by atoms with Gasteiger partial charge in [0.15, 0.2) is 0 Å². The number of benzene rings is 2. The molecule has 0 amide bonds. The van der Waals surface area contributed by atoms with E-state index < -0.39 is 16.9 Å². The molecule has 2 rings (SSSR count). The molecule has 0 aliphatic carbocycles. The molecule has 8 nitrogen and oxygen atoms in total. The Labute approximate surface area is 182 Å². The Hall–Kier alpha value is -2.72. The Morgan fingerprint density at radius 1 is 1.07 bits per heavy atom. The predicted molar refractivity (Wildman–Crippen MR) is 111 cm³/mol. The summed E-state index contributed by atoms with van der Waals surface area (Å²) in [5.74, 6) is -1.35. The van der Waals surface area contributed by atoms with Crippen molar-refractivity contribution in [1.29, 1.82) is 0 Å². The average molecular weight is 529 g/mol. The largest absolute Gasteiger partial charge is 0.487 e. The second-order valence-corrected chi connectivity index (χ2v) is 7.33. The van der Waals surface area contributed by atoms with Gasteiger partial charge in [0, 0.05) is 22.2 Å². The maximum absolute atomic E-state index is 12.0. The van der Waals surface area contributed by atoms with Gasteiger partial charge in [-0.05, 0) is 51.8 Å². The highest BCUT2D eigenvalue weighted by atomic mass is 79.9. The molecule has 2 aromatic carbocycles. The molecule has 0 N–H and O–H groups in total. The molecule has 0 aromatic heterocycles. The minimum absolute atomic E-state index is 0.0250. The van der Waals surface area contributed by atoms with Crippen molar-refractivity contribution in [3.05, 3.63) is 72.2 Å². The van der Waals surface area contributed by atoms with E-state index in [1.165, 1.54) is 18.2 Å². The van der Waals surface area contributed by atoms with Crippen LogP contribution in [0.2, 0.25) is 0 Å². The molecule has 0 spiro atoms. The SMILES string of the molecule is COC(=O)C(=Cc1cc(Br)cc(Br)c1OCc1ccc([N+](=O)[O-])cc1)C(=O)OC. The standard InChI is InChI=1S/C19H15Br2NO7/c1-27-18(23)15(19(24)28-2)8-12-7-13(20)9-16(21)17(12)29-10-11-3-5-14(6-4-11)22(25)26/h3-9H,10H2,1-2H3. The number of nitro benzene ring substituents is 1. The van der Waals surface area contributed by atoms with Crippen LogP contribution in [0.1, 0.15) is 11.1 Å². The van der Waals surface area contributed by atoms with Crippen molar-refractivity contribution in [1.82, 2.24) is 0 Å². The molecule has 0 saturated heterocycles. The molecule has 0 heterocycles. The van der Waals surface area contributed by atoms with Crippen LogP contribution < -0.4 is 4.74 Å². The lowest BCUT2D eigenvalue weighted by atomic mass is 10.1. The van der Waals surface area contributed by atoms with Crippen molar-refractivity contribution < 1.29 is 28.7 Å².